The molecule has 2 saturated carbocycles. The highest BCUT2D eigenvalue weighted by Gasteiger charge is 2.39. The lowest BCUT2D eigenvalue weighted by Crippen LogP contribution is -2.41. The number of carbonyl (C=O) groups excluding carboxylic acids is 1. The standard InChI is InChI=1S/C23H25F2N3O4S.C2HF3O2/c24-15-5-8-22(26-12-15)28-9-1-2-16(13-28)32-21-11-20(25)19(10-18(21)14-3-4-14)23(29)27-33(30,31)17-6-7-17;3-2(4,5)1(6)7/h5,8,10-12,14,16-17H,1-4,6-7,9,13H2,(H,27,29);(H,6,7). The van der Waals surface area contributed by atoms with Crippen molar-refractivity contribution < 1.29 is 49.8 Å². The lowest BCUT2D eigenvalue weighted by atomic mass is 10.0. The maximum Gasteiger partial charge on any atom is 0.490 e. The van der Waals surface area contributed by atoms with Crippen molar-refractivity contribution in [2.75, 3.05) is 18.0 Å². The summed E-state index contributed by atoms with van der Waals surface area (Å²) >= 11 is 0. The highest BCUT2D eigenvalue weighted by atomic mass is 32.2. The average Bonchev–Trinajstić information content (AvgIpc) is 3.77. The normalized spacial score (nSPS) is 19.3. The number of rotatable bonds is 7. The summed E-state index contributed by atoms with van der Waals surface area (Å²) in [6.45, 7) is 1.28. The minimum atomic E-state index is -5.08. The number of aliphatic carboxylic acids is 1. The van der Waals surface area contributed by atoms with Crippen LogP contribution in [0.3, 0.4) is 0 Å². The first kappa shape index (κ1) is 29.5. The number of halogens is 5. The van der Waals surface area contributed by atoms with E-state index in [9.17, 15) is 35.2 Å². The maximum absolute atomic E-state index is 14.9. The maximum atomic E-state index is 14.9. The number of piperidine rings is 1. The molecule has 1 unspecified atom stereocenters. The van der Waals surface area contributed by atoms with Crippen LogP contribution in [0.25, 0.3) is 0 Å². The molecule has 9 nitrogen and oxygen atoms in total. The van der Waals surface area contributed by atoms with Gasteiger partial charge in [0.2, 0.25) is 10.0 Å². The minimum absolute atomic E-state index is 0.158. The molecule has 0 spiro atoms. The van der Waals surface area contributed by atoms with Crippen molar-refractivity contribution >= 4 is 27.7 Å². The molecule has 15 heteroatoms. The van der Waals surface area contributed by atoms with Crippen LogP contribution in [0, 0.1) is 11.6 Å². The van der Waals surface area contributed by atoms with E-state index in [0.29, 0.717) is 31.0 Å². The average molecular weight is 592 g/mol. The van der Waals surface area contributed by atoms with Crippen LogP contribution in [0.4, 0.5) is 27.8 Å². The Balaban J connectivity index is 0.000000470. The molecule has 1 aliphatic heterocycles. The van der Waals surface area contributed by atoms with E-state index in [4.69, 9.17) is 14.6 Å². The van der Waals surface area contributed by atoms with Crippen LogP contribution in [0.2, 0.25) is 0 Å². The van der Waals surface area contributed by atoms with Crippen molar-refractivity contribution in [3.05, 3.63) is 53.2 Å². The molecule has 2 N–H and O–H groups in total. The molecule has 0 bridgehead atoms. The van der Waals surface area contributed by atoms with Gasteiger partial charge in [-0.05, 0) is 68.2 Å². The molecule has 0 radical (unpaired) electrons. The number of anilines is 1. The number of aromatic nitrogens is 1. The summed E-state index contributed by atoms with van der Waals surface area (Å²) in [5.74, 6) is -3.72. The second kappa shape index (κ2) is 11.6. The van der Waals surface area contributed by atoms with Crippen LogP contribution in [0.15, 0.2) is 30.5 Å². The summed E-state index contributed by atoms with van der Waals surface area (Å²) in [4.78, 5) is 27.6. The number of pyridine rings is 1. The SMILES string of the molecule is O=C(NS(=O)(=O)C1CC1)c1cc(C2CC2)c(OC2CCCN(c3ccc(F)cn3)C2)cc1F.O=C(O)C(F)(F)F. The smallest absolute Gasteiger partial charge is 0.488 e. The number of benzene rings is 1. The van der Waals surface area contributed by atoms with Gasteiger partial charge in [-0.3, -0.25) is 4.79 Å². The first-order chi connectivity index (χ1) is 18.7. The molecule has 3 fully saturated rings. The number of hydrogen-bond donors (Lipinski definition) is 2. The Bertz CT molecular complexity index is 1360. The summed E-state index contributed by atoms with van der Waals surface area (Å²) in [6.07, 6.45) is 0.300. The number of carboxylic acids is 1. The predicted octanol–water partition coefficient (Wildman–Crippen LogP) is 4.14. The number of alkyl halides is 3. The van der Waals surface area contributed by atoms with Gasteiger partial charge in [-0.15, -0.1) is 0 Å². The Morgan fingerprint density at radius 3 is 2.30 bits per heavy atom. The Morgan fingerprint density at radius 2 is 1.75 bits per heavy atom. The van der Waals surface area contributed by atoms with Gasteiger partial charge in [-0.25, -0.2) is 31.7 Å². The fourth-order valence-corrected chi connectivity index (χ4v) is 5.48. The van der Waals surface area contributed by atoms with Crippen LogP contribution >= 0.6 is 0 Å². The highest BCUT2D eigenvalue weighted by molar-refractivity contribution is 7.91. The van der Waals surface area contributed by atoms with Crippen molar-refractivity contribution in [1.82, 2.24) is 9.71 Å². The molecule has 2 aliphatic carbocycles. The Kier molecular flexibility index (Phi) is 8.52. The zero-order valence-corrected chi connectivity index (χ0v) is 21.8. The van der Waals surface area contributed by atoms with Crippen LogP contribution in [0.5, 0.6) is 5.75 Å². The molecule has 1 saturated heterocycles. The number of amides is 1. The summed E-state index contributed by atoms with van der Waals surface area (Å²) in [6, 6.07) is 5.61. The molecular weight excluding hydrogens is 565 g/mol. The number of nitrogens with one attached hydrogen (secondary N) is 1. The van der Waals surface area contributed by atoms with E-state index in [1.807, 2.05) is 9.62 Å². The van der Waals surface area contributed by atoms with Crippen molar-refractivity contribution in [3.63, 3.8) is 0 Å². The molecule has 40 heavy (non-hydrogen) atoms. The zero-order chi connectivity index (χ0) is 29.2. The van der Waals surface area contributed by atoms with Gasteiger partial charge in [0, 0.05) is 12.6 Å². The summed E-state index contributed by atoms with van der Waals surface area (Å²) in [5, 5.41) is 6.56. The van der Waals surface area contributed by atoms with Crippen molar-refractivity contribution in [2.45, 2.75) is 62.0 Å². The van der Waals surface area contributed by atoms with Gasteiger partial charge in [0.15, 0.2) is 0 Å². The van der Waals surface area contributed by atoms with E-state index in [1.54, 1.807) is 6.07 Å². The molecule has 3 aliphatic rings. The monoisotopic (exact) mass is 591 g/mol. The Morgan fingerprint density at radius 1 is 1.07 bits per heavy atom. The molecule has 1 aromatic carbocycles. The highest BCUT2D eigenvalue weighted by Crippen LogP contribution is 2.45. The second-order valence-electron chi connectivity index (χ2n) is 9.79. The van der Waals surface area contributed by atoms with Gasteiger partial charge in [0.1, 0.15) is 29.3 Å². The van der Waals surface area contributed by atoms with E-state index in [2.05, 4.69) is 4.98 Å². The summed E-state index contributed by atoms with van der Waals surface area (Å²) < 4.78 is 92.2. The number of ether oxygens (including phenoxy) is 1. The molecule has 1 amide bonds. The van der Waals surface area contributed by atoms with Crippen LogP contribution in [-0.4, -0.2) is 61.0 Å². The third kappa shape index (κ3) is 7.58. The van der Waals surface area contributed by atoms with Crippen molar-refractivity contribution in [1.29, 1.82) is 0 Å². The molecular formula is C25H26F5N3O6S. The molecule has 5 rings (SSSR count). The summed E-state index contributed by atoms with van der Waals surface area (Å²) in [5.41, 5.74) is 0.441. The Hall–Kier alpha value is -3.49. The Labute approximate surface area is 226 Å². The van der Waals surface area contributed by atoms with E-state index in [1.165, 1.54) is 24.4 Å². The van der Waals surface area contributed by atoms with Crippen LogP contribution in [0.1, 0.15) is 60.4 Å². The van der Waals surface area contributed by atoms with Gasteiger partial charge in [-0.2, -0.15) is 13.2 Å². The number of sulfonamides is 1. The van der Waals surface area contributed by atoms with E-state index in [0.717, 1.165) is 37.8 Å². The topological polar surface area (TPSA) is 126 Å². The lowest BCUT2D eigenvalue weighted by Gasteiger charge is -2.34. The minimum Gasteiger partial charge on any atom is -0.488 e. The van der Waals surface area contributed by atoms with Gasteiger partial charge >= 0.3 is 12.1 Å². The lowest BCUT2D eigenvalue weighted by molar-refractivity contribution is -0.192. The zero-order valence-electron chi connectivity index (χ0n) is 21.0. The van der Waals surface area contributed by atoms with Crippen molar-refractivity contribution in [2.24, 2.45) is 0 Å². The molecule has 2 aromatic rings. The first-order valence-corrected chi connectivity index (χ1v) is 14.0. The fraction of sp³-hybridized carbons (Fsp3) is 0.480. The predicted molar refractivity (Wildman–Crippen MR) is 132 cm³/mol. The van der Waals surface area contributed by atoms with Gasteiger partial charge in [-0.1, -0.05) is 0 Å². The first-order valence-electron chi connectivity index (χ1n) is 12.5. The molecule has 218 valence electrons. The van der Waals surface area contributed by atoms with Crippen molar-refractivity contribution in [3.8, 4) is 5.75 Å². The van der Waals surface area contributed by atoms with Gasteiger partial charge in [0.05, 0.1) is 23.6 Å². The summed E-state index contributed by atoms with van der Waals surface area (Å²) in [7, 11) is -3.77. The van der Waals surface area contributed by atoms with Gasteiger partial charge in [0.25, 0.3) is 5.91 Å². The van der Waals surface area contributed by atoms with Crippen LogP contribution < -0.4 is 14.4 Å². The third-order valence-electron chi connectivity index (χ3n) is 6.51. The molecule has 1 atom stereocenters. The largest absolute Gasteiger partial charge is 0.490 e. The van der Waals surface area contributed by atoms with Gasteiger partial charge < -0.3 is 14.7 Å². The van der Waals surface area contributed by atoms with E-state index in [-0.39, 0.29) is 17.6 Å². The molecule has 2 heterocycles. The van der Waals surface area contributed by atoms with Crippen LogP contribution in [-0.2, 0) is 14.8 Å². The number of carboxylic acid groups (broad SMARTS) is 1. The fourth-order valence-electron chi connectivity index (χ4n) is 4.18. The second-order valence-corrected chi connectivity index (χ2v) is 11.7. The third-order valence-corrected chi connectivity index (χ3v) is 8.33. The quantitative estimate of drug-likeness (QED) is 0.461. The number of nitrogens with zero attached hydrogens (tertiary/aromatic N) is 2. The number of carbonyl (C=O) groups is 2. The number of hydrogen-bond acceptors (Lipinski definition) is 7. The van der Waals surface area contributed by atoms with E-state index >= 15 is 0 Å². The molecule has 1 aromatic heterocycles. The van der Waals surface area contributed by atoms with E-state index < -0.39 is 45.0 Å².